The minimum absolute atomic E-state index is 0. The van der Waals surface area contributed by atoms with Crippen molar-refractivity contribution in [1.29, 1.82) is 0 Å². The molecule has 68 valence electrons. The van der Waals surface area contributed by atoms with Gasteiger partial charge in [-0.25, -0.2) is 10.7 Å². The van der Waals surface area contributed by atoms with Gasteiger partial charge in [0.2, 0.25) is 0 Å². The van der Waals surface area contributed by atoms with Crippen molar-refractivity contribution in [3.8, 4) is 0 Å². The van der Waals surface area contributed by atoms with E-state index in [-0.39, 0.29) is 11.6 Å². The second-order valence-electron chi connectivity index (χ2n) is 2.67. The summed E-state index contributed by atoms with van der Waals surface area (Å²) in [6.45, 7) is 2.01. The van der Waals surface area contributed by atoms with Crippen LogP contribution in [0.3, 0.4) is 0 Å². The van der Waals surface area contributed by atoms with Gasteiger partial charge in [0, 0.05) is 6.42 Å². The van der Waals surface area contributed by atoms with Crippen LogP contribution in [0.4, 0.5) is 0 Å². The van der Waals surface area contributed by atoms with E-state index in [2.05, 4.69) is 18.0 Å². The van der Waals surface area contributed by atoms with Gasteiger partial charge in [0.1, 0.15) is 6.10 Å². The number of benzene rings is 1. The van der Waals surface area contributed by atoms with E-state index in [4.69, 9.17) is 4.84 Å². The number of hydrogen-bond acceptors (Lipinski definition) is 2. The molecule has 0 bridgehead atoms. The number of rotatable bonds is 3. The van der Waals surface area contributed by atoms with Crippen molar-refractivity contribution in [3.63, 3.8) is 0 Å². The monoisotopic (exact) mass is 169 g/mol. The maximum absolute atomic E-state index is 4.90. The molecule has 0 radical (unpaired) electrons. The van der Waals surface area contributed by atoms with Gasteiger partial charge in [-0.05, 0) is 12.5 Å². The Hall–Kier alpha value is -0.900. The van der Waals surface area contributed by atoms with Crippen molar-refractivity contribution in [2.75, 3.05) is 0 Å². The average Bonchev–Trinajstić information content (AvgIpc) is 2.06. The Morgan fingerprint density at radius 2 is 1.92 bits per heavy atom. The van der Waals surface area contributed by atoms with Gasteiger partial charge in [0.05, 0.1) is 0 Å². The largest absolute Gasteiger partial charge is 0.870 e. The molecule has 1 aromatic rings. The molecule has 0 spiro atoms. The van der Waals surface area contributed by atoms with Crippen molar-refractivity contribution < 1.29 is 16.2 Å². The Morgan fingerprint density at radius 3 is 2.42 bits per heavy atom. The van der Waals surface area contributed by atoms with E-state index in [9.17, 15) is 0 Å². The van der Waals surface area contributed by atoms with Crippen LogP contribution in [-0.4, -0.2) is 11.6 Å². The van der Waals surface area contributed by atoms with Crippen LogP contribution in [-0.2, 0) is 11.3 Å². The highest BCUT2D eigenvalue weighted by Gasteiger charge is 2.02. The normalized spacial score (nSPS) is 11.8. The molecule has 0 aromatic heterocycles. The third kappa shape index (κ3) is 3.48. The molecule has 4 N–H and O–H groups in total. The fourth-order valence-corrected chi connectivity index (χ4v) is 1.00. The van der Waals surface area contributed by atoms with Crippen LogP contribution in [0.2, 0.25) is 0 Å². The van der Waals surface area contributed by atoms with E-state index in [1.165, 1.54) is 5.56 Å². The van der Waals surface area contributed by atoms with Crippen LogP contribution >= 0.6 is 0 Å². The Labute approximate surface area is 72.4 Å². The first-order valence-corrected chi connectivity index (χ1v) is 3.77. The third-order valence-electron chi connectivity index (χ3n) is 1.65. The maximum Gasteiger partial charge on any atom is 0.118 e. The zero-order chi connectivity index (χ0) is 8.10. The lowest BCUT2D eigenvalue weighted by atomic mass is 10.1. The second-order valence-corrected chi connectivity index (χ2v) is 2.67. The minimum atomic E-state index is 0. The van der Waals surface area contributed by atoms with Crippen molar-refractivity contribution >= 4 is 0 Å². The summed E-state index contributed by atoms with van der Waals surface area (Å²) < 4.78 is 0. The van der Waals surface area contributed by atoms with Gasteiger partial charge in [-0.15, -0.1) is 0 Å². The summed E-state index contributed by atoms with van der Waals surface area (Å²) in [5, 5.41) is 0. The SMILES string of the molecule is CC(Cc1ccccc1)O[NH3+].[OH-]. The zero-order valence-electron chi connectivity index (χ0n) is 7.23. The van der Waals surface area contributed by atoms with Crippen LogP contribution in [0.5, 0.6) is 0 Å². The molecule has 0 saturated heterocycles. The molecule has 1 rings (SSSR count). The van der Waals surface area contributed by atoms with Crippen LogP contribution in [0, 0.1) is 0 Å². The first-order chi connectivity index (χ1) is 5.33. The predicted molar refractivity (Wildman–Crippen MR) is 45.5 cm³/mol. The Balaban J connectivity index is 0.00000121. The average molecular weight is 169 g/mol. The zero-order valence-corrected chi connectivity index (χ0v) is 7.23. The van der Waals surface area contributed by atoms with Gasteiger partial charge in [0.25, 0.3) is 0 Å². The molecule has 0 saturated carbocycles. The molecule has 3 heteroatoms. The van der Waals surface area contributed by atoms with Crippen molar-refractivity contribution in [2.45, 2.75) is 19.4 Å². The molecule has 1 unspecified atom stereocenters. The van der Waals surface area contributed by atoms with Gasteiger partial charge < -0.3 is 5.48 Å². The third-order valence-corrected chi connectivity index (χ3v) is 1.65. The lowest BCUT2D eigenvalue weighted by Crippen LogP contribution is -2.52. The predicted octanol–water partition coefficient (Wildman–Crippen LogP) is 0.614. The van der Waals surface area contributed by atoms with E-state index < -0.39 is 0 Å². The molecular weight excluding hydrogens is 154 g/mol. The number of quaternary nitrogens is 1. The Bertz CT molecular complexity index is 201. The molecule has 1 atom stereocenters. The molecule has 3 nitrogen and oxygen atoms in total. The fraction of sp³-hybridized carbons (Fsp3) is 0.333. The lowest BCUT2D eigenvalue weighted by molar-refractivity contribution is -0.701. The van der Waals surface area contributed by atoms with Crippen LogP contribution in [0.25, 0.3) is 0 Å². The summed E-state index contributed by atoms with van der Waals surface area (Å²) in [5.41, 5.74) is 1.30. The van der Waals surface area contributed by atoms with Gasteiger partial charge in [-0.2, -0.15) is 0 Å². The van der Waals surface area contributed by atoms with Gasteiger partial charge in [0.15, 0.2) is 0 Å². The van der Waals surface area contributed by atoms with E-state index in [0.29, 0.717) is 0 Å². The molecule has 1 aromatic carbocycles. The van der Waals surface area contributed by atoms with E-state index in [1.54, 1.807) is 0 Å². The second kappa shape index (κ2) is 5.71. The summed E-state index contributed by atoms with van der Waals surface area (Å²) in [5.74, 6) is 3.38. The molecule has 0 heterocycles. The highest BCUT2D eigenvalue weighted by molar-refractivity contribution is 5.15. The summed E-state index contributed by atoms with van der Waals surface area (Å²) in [6, 6.07) is 10.3. The van der Waals surface area contributed by atoms with E-state index >= 15 is 0 Å². The first kappa shape index (κ1) is 11.1. The summed E-state index contributed by atoms with van der Waals surface area (Å²) in [4.78, 5) is 4.90. The highest BCUT2D eigenvalue weighted by Crippen LogP contribution is 2.02. The van der Waals surface area contributed by atoms with Crippen molar-refractivity contribution in [3.05, 3.63) is 35.9 Å². The summed E-state index contributed by atoms with van der Waals surface area (Å²) in [7, 11) is 0. The van der Waals surface area contributed by atoms with Crippen molar-refractivity contribution in [2.24, 2.45) is 0 Å². The van der Waals surface area contributed by atoms with Gasteiger partial charge >= 0.3 is 0 Å². The first-order valence-electron chi connectivity index (χ1n) is 3.77. The topological polar surface area (TPSA) is 66.9 Å². The Kier molecular flexibility index (Phi) is 5.28. The van der Waals surface area contributed by atoms with E-state index in [0.717, 1.165) is 6.42 Å². The molecule has 0 aliphatic heterocycles. The molecule has 0 fully saturated rings. The molecule has 0 aliphatic carbocycles. The lowest BCUT2D eigenvalue weighted by Gasteiger charge is -2.04. The van der Waals surface area contributed by atoms with Gasteiger partial charge in [-0.1, -0.05) is 30.3 Å². The molecule has 0 aliphatic rings. The number of hydrogen-bond donors (Lipinski definition) is 1. The van der Waals surface area contributed by atoms with Crippen molar-refractivity contribution in [1.82, 2.24) is 0 Å². The fourth-order valence-electron chi connectivity index (χ4n) is 1.00. The van der Waals surface area contributed by atoms with E-state index in [1.807, 2.05) is 25.1 Å². The smallest absolute Gasteiger partial charge is 0.118 e. The van der Waals surface area contributed by atoms with Gasteiger partial charge in [-0.3, -0.25) is 0 Å². The Morgan fingerprint density at radius 1 is 1.33 bits per heavy atom. The maximum atomic E-state index is 4.90. The molecule has 12 heavy (non-hydrogen) atoms. The minimum Gasteiger partial charge on any atom is -0.870 e. The molecular formula is C9H15NO2. The van der Waals surface area contributed by atoms with Crippen LogP contribution in [0.1, 0.15) is 12.5 Å². The summed E-state index contributed by atoms with van der Waals surface area (Å²) >= 11 is 0. The highest BCUT2D eigenvalue weighted by atomic mass is 16.6. The summed E-state index contributed by atoms with van der Waals surface area (Å²) in [6.07, 6.45) is 1.14. The quantitative estimate of drug-likeness (QED) is 0.674. The van der Waals surface area contributed by atoms with Crippen LogP contribution in [0.15, 0.2) is 30.3 Å². The van der Waals surface area contributed by atoms with Crippen LogP contribution < -0.4 is 5.90 Å². The standard InChI is InChI=1S/C9H14NO.H2O/c1-8(11-10)7-9-5-3-2-4-6-9;/h2-6,8H,7H2,1,10H3;1H2/q+1;/p-1. The molecule has 0 amide bonds.